The quantitative estimate of drug-likeness (QED) is 0.478. The van der Waals surface area contributed by atoms with Gasteiger partial charge in [-0.15, -0.1) is 0 Å². The maximum atomic E-state index is 13.4. The summed E-state index contributed by atoms with van der Waals surface area (Å²) < 4.78 is 31.5. The summed E-state index contributed by atoms with van der Waals surface area (Å²) in [5.41, 5.74) is 0.753. The highest BCUT2D eigenvalue weighted by atomic mass is 35.5. The molecule has 2 rings (SSSR count). The Morgan fingerprint density at radius 3 is 2.15 bits per heavy atom. The number of hydrogen-bond acceptors (Lipinski definition) is 5. The van der Waals surface area contributed by atoms with Crippen LogP contribution >= 0.6 is 23.2 Å². The highest BCUT2D eigenvalue weighted by Crippen LogP contribution is 2.27. The first-order valence-corrected chi connectivity index (χ1v) is 13.3. The number of nitrogens with zero attached hydrogens (tertiary/aromatic N) is 2. The topological polar surface area (TPSA) is 96.0 Å². The SMILES string of the molecule is CCNC(=O)[C@H](C)N(Cc1c(Cl)cccc1Cl)C(=O)CN(c1ccc(OCC)cc1)S(C)(=O)=O. The van der Waals surface area contributed by atoms with Crippen molar-refractivity contribution >= 4 is 50.7 Å². The fourth-order valence-corrected chi connectivity index (χ4v) is 4.61. The fourth-order valence-electron chi connectivity index (χ4n) is 3.25. The molecule has 0 saturated heterocycles. The smallest absolute Gasteiger partial charge is 0.244 e. The zero-order valence-corrected chi connectivity index (χ0v) is 21.9. The van der Waals surface area contributed by atoms with Crippen molar-refractivity contribution in [3.8, 4) is 5.75 Å². The van der Waals surface area contributed by atoms with E-state index in [1.54, 1.807) is 56.3 Å². The molecule has 2 aromatic rings. The first-order chi connectivity index (χ1) is 16.0. The number of ether oxygens (including phenoxy) is 1. The van der Waals surface area contributed by atoms with Gasteiger partial charge in [-0.3, -0.25) is 13.9 Å². The summed E-state index contributed by atoms with van der Waals surface area (Å²) in [5.74, 6) is -0.397. The Morgan fingerprint density at radius 2 is 1.65 bits per heavy atom. The minimum absolute atomic E-state index is 0.0729. The number of anilines is 1. The lowest BCUT2D eigenvalue weighted by molar-refractivity contribution is -0.139. The van der Waals surface area contributed by atoms with Gasteiger partial charge in [-0.2, -0.15) is 0 Å². The van der Waals surface area contributed by atoms with Crippen molar-refractivity contribution in [1.82, 2.24) is 10.2 Å². The van der Waals surface area contributed by atoms with Crippen LogP contribution in [-0.4, -0.2) is 57.1 Å². The van der Waals surface area contributed by atoms with E-state index in [-0.39, 0.29) is 12.5 Å². The zero-order chi connectivity index (χ0) is 25.5. The summed E-state index contributed by atoms with van der Waals surface area (Å²) >= 11 is 12.6. The van der Waals surface area contributed by atoms with Crippen LogP contribution in [0.1, 0.15) is 26.3 Å². The molecule has 0 fully saturated rings. The van der Waals surface area contributed by atoms with Crippen molar-refractivity contribution in [2.75, 3.05) is 30.3 Å². The molecule has 34 heavy (non-hydrogen) atoms. The fraction of sp³-hybridized carbons (Fsp3) is 0.391. The molecule has 11 heteroatoms. The van der Waals surface area contributed by atoms with Crippen molar-refractivity contribution in [1.29, 1.82) is 0 Å². The lowest BCUT2D eigenvalue weighted by atomic mass is 10.1. The van der Waals surface area contributed by atoms with Gasteiger partial charge in [-0.1, -0.05) is 29.3 Å². The van der Waals surface area contributed by atoms with Crippen LogP contribution in [0.3, 0.4) is 0 Å². The number of sulfonamides is 1. The molecule has 0 spiro atoms. The monoisotopic (exact) mass is 529 g/mol. The zero-order valence-electron chi connectivity index (χ0n) is 19.5. The number of halogens is 2. The third kappa shape index (κ3) is 7.25. The number of hydrogen-bond donors (Lipinski definition) is 1. The summed E-state index contributed by atoms with van der Waals surface area (Å²) in [5, 5.41) is 3.35. The van der Waals surface area contributed by atoms with E-state index in [1.165, 1.54) is 4.90 Å². The molecule has 186 valence electrons. The van der Waals surface area contributed by atoms with Gasteiger partial charge in [0.2, 0.25) is 21.8 Å². The van der Waals surface area contributed by atoms with Crippen LogP contribution in [0, 0.1) is 0 Å². The van der Waals surface area contributed by atoms with E-state index in [0.29, 0.717) is 40.2 Å². The van der Waals surface area contributed by atoms with Crippen LogP contribution in [0.4, 0.5) is 5.69 Å². The third-order valence-electron chi connectivity index (χ3n) is 5.02. The third-order valence-corrected chi connectivity index (χ3v) is 6.87. The van der Waals surface area contributed by atoms with Gasteiger partial charge < -0.3 is 15.0 Å². The van der Waals surface area contributed by atoms with Crippen molar-refractivity contribution in [3.63, 3.8) is 0 Å². The molecule has 2 amide bonds. The van der Waals surface area contributed by atoms with Crippen LogP contribution in [0.15, 0.2) is 42.5 Å². The molecule has 0 bridgehead atoms. The van der Waals surface area contributed by atoms with Crippen molar-refractivity contribution in [3.05, 3.63) is 58.1 Å². The Balaban J connectivity index is 2.41. The van der Waals surface area contributed by atoms with Crippen LogP contribution in [-0.2, 0) is 26.2 Å². The molecular weight excluding hydrogens is 501 g/mol. The summed E-state index contributed by atoms with van der Waals surface area (Å²) in [6.45, 7) is 5.42. The predicted molar refractivity (Wildman–Crippen MR) is 135 cm³/mol. The molecule has 1 atom stereocenters. The number of benzene rings is 2. The molecule has 0 aliphatic heterocycles. The van der Waals surface area contributed by atoms with Crippen molar-refractivity contribution in [2.24, 2.45) is 0 Å². The van der Waals surface area contributed by atoms with Gasteiger partial charge >= 0.3 is 0 Å². The van der Waals surface area contributed by atoms with Crippen molar-refractivity contribution in [2.45, 2.75) is 33.4 Å². The number of nitrogens with one attached hydrogen (secondary N) is 1. The predicted octanol–water partition coefficient (Wildman–Crippen LogP) is 3.71. The standard InChI is InChI=1S/C23H29Cl2N3O5S/c1-5-26-23(30)16(3)27(14-19-20(24)8-7-9-21(19)25)22(29)15-28(34(4,31)32)17-10-12-18(13-11-17)33-6-2/h7-13,16H,5-6,14-15H2,1-4H3,(H,26,30)/t16-/m0/s1. The van der Waals surface area contributed by atoms with Crippen LogP contribution in [0.5, 0.6) is 5.75 Å². The van der Waals surface area contributed by atoms with Gasteiger partial charge in [0, 0.05) is 28.7 Å². The molecule has 0 aliphatic rings. The molecule has 0 unspecified atom stereocenters. The molecular formula is C23H29Cl2N3O5S. The molecule has 8 nitrogen and oxygen atoms in total. The van der Waals surface area contributed by atoms with E-state index in [2.05, 4.69) is 5.32 Å². The Labute approximate surface area is 210 Å². The minimum Gasteiger partial charge on any atom is -0.494 e. The summed E-state index contributed by atoms with van der Waals surface area (Å²) in [7, 11) is -3.82. The lowest BCUT2D eigenvalue weighted by Crippen LogP contribution is -2.51. The van der Waals surface area contributed by atoms with E-state index in [9.17, 15) is 18.0 Å². The molecule has 0 heterocycles. The van der Waals surface area contributed by atoms with Crippen LogP contribution < -0.4 is 14.4 Å². The number of carbonyl (C=O) groups is 2. The normalized spacial score (nSPS) is 12.1. The second kappa shape index (κ2) is 12.3. The van der Waals surface area contributed by atoms with Gasteiger partial charge in [-0.25, -0.2) is 8.42 Å². The molecule has 0 radical (unpaired) electrons. The second-order valence-electron chi connectivity index (χ2n) is 7.49. The number of carbonyl (C=O) groups excluding carboxylic acids is 2. The summed E-state index contributed by atoms with van der Waals surface area (Å²) in [6.07, 6.45) is 1.01. The highest BCUT2D eigenvalue weighted by molar-refractivity contribution is 7.92. The van der Waals surface area contributed by atoms with Gasteiger partial charge in [-0.05, 0) is 57.2 Å². The molecule has 1 N–H and O–H groups in total. The highest BCUT2D eigenvalue weighted by Gasteiger charge is 2.30. The van der Waals surface area contributed by atoms with E-state index in [4.69, 9.17) is 27.9 Å². The van der Waals surface area contributed by atoms with Crippen LogP contribution in [0.2, 0.25) is 10.0 Å². The Kier molecular flexibility index (Phi) is 10.0. The summed E-state index contributed by atoms with van der Waals surface area (Å²) in [4.78, 5) is 27.3. The summed E-state index contributed by atoms with van der Waals surface area (Å²) in [6, 6.07) is 10.4. The average molecular weight is 530 g/mol. The number of likely N-dealkylation sites (N-methyl/N-ethyl adjacent to an activating group) is 1. The Bertz CT molecular complexity index is 1090. The van der Waals surface area contributed by atoms with Gasteiger partial charge in [0.1, 0.15) is 18.3 Å². The van der Waals surface area contributed by atoms with E-state index < -0.39 is 28.5 Å². The van der Waals surface area contributed by atoms with Crippen molar-refractivity contribution < 1.29 is 22.7 Å². The van der Waals surface area contributed by atoms with Gasteiger partial charge in [0.25, 0.3) is 0 Å². The Morgan fingerprint density at radius 1 is 1.06 bits per heavy atom. The van der Waals surface area contributed by atoms with E-state index in [1.807, 2.05) is 6.92 Å². The Hall–Kier alpha value is -2.49. The second-order valence-corrected chi connectivity index (χ2v) is 10.2. The maximum Gasteiger partial charge on any atom is 0.244 e. The average Bonchev–Trinajstić information content (AvgIpc) is 2.77. The van der Waals surface area contributed by atoms with Gasteiger partial charge in [0.15, 0.2) is 0 Å². The first-order valence-electron chi connectivity index (χ1n) is 10.7. The van der Waals surface area contributed by atoms with Gasteiger partial charge in [0.05, 0.1) is 18.6 Å². The number of rotatable bonds is 11. The van der Waals surface area contributed by atoms with E-state index in [0.717, 1.165) is 10.6 Å². The number of amides is 2. The molecule has 0 aliphatic carbocycles. The maximum absolute atomic E-state index is 13.4. The minimum atomic E-state index is -3.82. The molecule has 0 aromatic heterocycles. The van der Waals surface area contributed by atoms with E-state index >= 15 is 0 Å². The first kappa shape index (κ1) is 27.8. The largest absolute Gasteiger partial charge is 0.494 e. The molecule has 2 aromatic carbocycles. The van der Waals surface area contributed by atoms with Crippen LogP contribution in [0.25, 0.3) is 0 Å². The molecule has 0 saturated carbocycles. The lowest BCUT2D eigenvalue weighted by Gasteiger charge is -2.31.